The van der Waals surface area contributed by atoms with Crippen molar-refractivity contribution in [2.75, 3.05) is 39.0 Å². The third-order valence-electron chi connectivity index (χ3n) is 5.80. The van der Waals surface area contributed by atoms with Gasteiger partial charge in [-0.25, -0.2) is 9.78 Å². The van der Waals surface area contributed by atoms with Crippen LogP contribution in [0.5, 0.6) is 11.5 Å². The number of carbonyl (C=O) groups excluding carboxylic acids is 2. The Bertz CT molecular complexity index is 1190. The maximum absolute atomic E-state index is 12.7. The van der Waals surface area contributed by atoms with Crippen LogP contribution in [0.1, 0.15) is 28.8 Å². The van der Waals surface area contributed by atoms with Crippen molar-refractivity contribution in [1.82, 2.24) is 20.5 Å². The van der Waals surface area contributed by atoms with Gasteiger partial charge in [0.15, 0.2) is 5.75 Å². The topological polar surface area (TPSA) is 139 Å². The first-order valence-corrected chi connectivity index (χ1v) is 12.3. The molecule has 186 valence electrons. The van der Waals surface area contributed by atoms with Gasteiger partial charge in [-0.2, -0.15) is 0 Å². The minimum absolute atomic E-state index is 0.0863. The first-order chi connectivity index (χ1) is 16.9. The minimum Gasteiger partial charge on any atom is -0.489 e. The van der Waals surface area contributed by atoms with Gasteiger partial charge in [-0.3, -0.25) is 4.79 Å². The fourth-order valence-corrected chi connectivity index (χ4v) is 4.90. The number of nitrogens with two attached hydrogens (primary N) is 1. The Kier molecular flexibility index (Phi) is 8.01. The van der Waals surface area contributed by atoms with Crippen LogP contribution in [0.25, 0.3) is 10.1 Å². The molecule has 1 aliphatic rings. The van der Waals surface area contributed by atoms with Crippen molar-refractivity contribution in [1.29, 1.82) is 0 Å². The molecule has 1 aromatic carbocycles. The molecule has 0 saturated carbocycles. The van der Waals surface area contributed by atoms with Crippen LogP contribution in [0.3, 0.4) is 0 Å². The molecule has 11 heteroatoms. The number of nitrogens with one attached hydrogen (secondary N) is 2. The molecule has 0 unspecified atom stereocenters. The number of amides is 2. The van der Waals surface area contributed by atoms with Gasteiger partial charge < -0.3 is 35.8 Å². The van der Waals surface area contributed by atoms with Gasteiger partial charge in [0.1, 0.15) is 18.2 Å². The van der Waals surface area contributed by atoms with E-state index in [0.717, 1.165) is 31.5 Å². The molecule has 0 aliphatic carbocycles. The number of anilines is 1. The van der Waals surface area contributed by atoms with Gasteiger partial charge in [0.05, 0.1) is 17.5 Å². The quantitative estimate of drug-likeness (QED) is 0.370. The number of aromatic nitrogens is 1. The van der Waals surface area contributed by atoms with E-state index in [1.54, 1.807) is 24.3 Å². The zero-order valence-electron chi connectivity index (χ0n) is 19.5. The van der Waals surface area contributed by atoms with Gasteiger partial charge in [0, 0.05) is 29.1 Å². The summed E-state index contributed by atoms with van der Waals surface area (Å²) in [6.45, 7) is 2.04. The molecular weight excluding hydrogens is 470 g/mol. The summed E-state index contributed by atoms with van der Waals surface area (Å²) in [5.74, 6) is 1.02. The molecular formula is C24H29N5O5S. The molecule has 5 N–H and O–H groups in total. The number of nitrogen functional groups attached to an aromatic ring is 1. The predicted molar refractivity (Wildman–Crippen MR) is 134 cm³/mol. The third-order valence-corrected chi connectivity index (χ3v) is 6.84. The van der Waals surface area contributed by atoms with E-state index >= 15 is 0 Å². The van der Waals surface area contributed by atoms with Gasteiger partial charge in [-0.1, -0.05) is 6.07 Å². The van der Waals surface area contributed by atoms with Crippen molar-refractivity contribution in [3.8, 4) is 11.5 Å². The second kappa shape index (κ2) is 11.3. The molecule has 1 fully saturated rings. The van der Waals surface area contributed by atoms with Crippen LogP contribution < -0.4 is 25.8 Å². The van der Waals surface area contributed by atoms with Crippen molar-refractivity contribution in [2.45, 2.75) is 25.5 Å². The number of thiophene rings is 1. The molecule has 1 aliphatic heterocycles. The highest BCUT2D eigenvalue weighted by atomic mass is 32.1. The number of ether oxygens (including phenoxy) is 2. The minimum atomic E-state index is -0.687. The molecule has 1 saturated heterocycles. The first-order valence-electron chi connectivity index (χ1n) is 11.4. The fourth-order valence-electron chi connectivity index (χ4n) is 3.89. The summed E-state index contributed by atoms with van der Waals surface area (Å²) in [7, 11) is 2.09. The van der Waals surface area contributed by atoms with Crippen LogP contribution >= 0.6 is 11.3 Å². The number of fused-ring (bicyclic) bond motifs is 1. The number of pyridine rings is 1. The smallest absolute Gasteiger partial charge is 0.412 e. The lowest BCUT2D eigenvalue weighted by Crippen LogP contribution is -2.43. The van der Waals surface area contributed by atoms with Gasteiger partial charge in [0.25, 0.3) is 5.91 Å². The standard InChI is InChI=1S/C24H29N5O5S/c1-29-8-5-17(6-9-29)28-23(31)15-3-2-4-18(11-15)33-13-16-14-35-21-19(12-27-22(25)20(16)21)34-24(32)26-7-10-30/h2-4,11-12,14,17,30H,5-10,13H2,1H3,(H2,25,27)(H,26,32)(H,28,31). The van der Waals surface area contributed by atoms with Crippen molar-refractivity contribution >= 4 is 39.2 Å². The summed E-state index contributed by atoms with van der Waals surface area (Å²) in [4.78, 5) is 31.0. The molecule has 35 heavy (non-hydrogen) atoms. The van der Waals surface area contributed by atoms with E-state index in [1.807, 2.05) is 5.38 Å². The second-order valence-electron chi connectivity index (χ2n) is 8.38. The van der Waals surface area contributed by atoms with E-state index < -0.39 is 6.09 Å². The molecule has 2 aromatic heterocycles. The Hall–Kier alpha value is -3.41. The van der Waals surface area contributed by atoms with Crippen molar-refractivity contribution in [3.05, 3.63) is 47.0 Å². The number of rotatable bonds is 8. The molecule has 3 heterocycles. The van der Waals surface area contributed by atoms with Gasteiger partial charge in [-0.15, -0.1) is 11.3 Å². The normalized spacial score (nSPS) is 14.6. The summed E-state index contributed by atoms with van der Waals surface area (Å²) in [6.07, 6.45) is 2.58. The number of likely N-dealkylation sites (tertiary alicyclic amines) is 1. The third kappa shape index (κ3) is 6.18. The number of hydrogen-bond acceptors (Lipinski definition) is 9. The lowest BCUT2D eigenvalue weighted by atomic mass is 10.0. The monoisotopic (exact) mass is 499 g/mol. The average molecular weight is 500 g/mol. The van der Waals surface area contributed by atoms with Crippen molar-refractivity contribution in [2.24, 2.45) is 0 Å². The average Bonchev–Trinajstić information content (AvgIpc) is 3.30. The molecule has 0 bridgehead atoms. The Balaban J connectivity index is 1.42. The molecule has 10 nitrogen and oxygen atoms in total. The van der Waals surface area contributed by atoms with Gasteiger partial charge in [-0.05, 0) is 56.6 Å². The van der Waals surface area contributed by atoms with E-state index in [1.165, 1.54) is 17.5 Å². The van der Waals surface area contributed by atoms with E-state index in [9.17, 15) is 9.59 Å². The van der Waals surface area contributed by atoms with Crippen LogP contribution in [0, 0.1) is 0 Å². The zero-order valence-corrected chi connectivity index (χ0v) is 20.3. The molecule has 0 radical (unpaired) electrons. The maximum Gasteiger partial charge on any atom is 0.412 e. The molecule has 0 atom stereocenters. The summed E-state index contributed by atoms with van der Waals surface area (Å²) in [5.41, 5.74) is 7.44. The van der Waals surface area contributed by atoms with Gasteiger partial charge >= 0.3 is 6.09 Å². The van der Waals surface area contributed by atoms with E-state index in [4.69, 9.17) is 20.3 Å². The molecule has 4 rings (SSSR count). The molecule has 0 spiro atoms. The first kappa shape index (κ1) is 24.7. The highest BCUT2D eigenvalue weighted by Crippen LogP contribution is 2.37. The number of nitrogens with zero attached hydrogens (tertiary/aromatic N) is 2. The number of aliphatic hydroxyl groups is 1. The lowest BCUT2D eigenvalue weighted by molar-refractivity contribution is 0.0916. The Morgan fingerprint density at radius 1 is 1.31 bits per heavy atom. The highest BCUT2D eigenvalue weighted by Gasteiger charge is 2.20. The number of hydrogen-bond donors (Lipinski definition) is 4. The maximum atomic E-state index is 12.7. The summed E-state index contributed by atoms with van der Waals surface area (Å²) in [6, 6.07) is 7.25. The van der Waals surface area contributed by atoms with E-state index in [-0.39, 0.29) is 37.5 Å². The van der Waals surface area contributed by atoms with Crippen LogP contribution in [-0.4, -0.2) is 66.3 Å². The van der Waals surface area contributed by atoms with E-state index in [0.29, 0.717) is 27.2 Å². The van der Waals surface area contributed by atoms with Crippen molar-refractivity contribution < 1.29 is 24.2 Å². The van der Waals surface area contributed by atoms with Crippen LogP contribution in [0.2, 0.25) is 0 Å². The van der Waals surface area contributed by atoms with Crippen molar-refractivity contribution in [3.63, 3.8) is 0 Å². The van der Waals surface area contributed by atoms with Crippen LogP contribution in [0.4, 0.5) is 10.6 Å². The highest BCUT2D eigenvalue weighted by molar-refractivity contribution is 7.17. The molecule has 2 amide bonds. The zero-order chi connectivity index (χ0) is 24.8. The summed E-state index contributed by atoms with van der Waals surface area (Å²) >= 11 is 1.36. The second-order valence-corrected chi connectivity index (χ2v) is 9.26. The SMILES string of the molecule is CN1CCC(NC(=O)c2cccc(OCc3csc4c(OC(=O)NCCO)cnc(N)c34)c2)CC1. The van der Waals surface area contributed by atoms with Crippen LogP contribution in [0.15, 0.2) is 35.8 Å². The lowest BCUT2D eigenvalue weighted by Gasteiger charge is -2.29. The number of aliphatic hydroxyl groups excluding tert-OH is 1. The number of piperidine rings is 1. The predicted octanol–water partition coefficient (Wildman–Crippen LogP) is 2.36. The Labute approximate surface area is 207 Å². The summed E-state index contributed by atoms with van der Waals surface area (Å²) in [5, 5.41) is 16.9. The Morgan fingerprint density at radius 3 is 2.89 bits per heavy atom. The van der Waals surface area contributed by atoms with Gasteiger partial charge in [0.2, 0.25) is 0 Å². The largest absolute Gasteiger partial charge is 0.489 e. The Morgan fingerprint density at radius 2 is 2.11 bits per heavy atom. The van der Waals surface area contributed by atoms with E-state index in [2.05, 4.69) is 27.6 Å². The number of benzene rings is 1. The fraction of sp³-hybridized carbons (Fsp3) is 0.375. The summed E-state index contributed by atoms with van der Waals surface area (Å²) < 4.78 is 12.0. The van der Waals surface area contributed by atoms with Crippen LogP contribution in [-0.2, 0) is 6.61 Å². The molecule has 3 aromatic rings. The number of carbonyl (C=O) groups is 2.